The van der Waals surface area contributed by atoms with Crippen LogP contribution in [-0.2, 0) is 6.54 Å². The molecule has 1 atom stereocenters. The van der Waals surface area contributed by atoms with Crippen molar-refractivity contribution >= 4 is 12.2 Å². The molecule has 1 aromatic rings. The van der Waals surface area contributed by atoms with Gasteiger partial charge in [0.2, 0.25) is 0 Å². The van der Waals surface area contributed by atoms with E-state index >= 15 is 0 Å². The lowest BCUT2D eigenvalue weighted by atomic mass is 10.1. The van der Waals surface area contributed by atoms with Crippen LogP contribution in [0.15, 0.2) is 0 Å². The summed E-state index contributed by atoms with van der Waals surface area (Å²) < 4.78 is 3.04. The second kappa shape index (κ2) is 3.44. The third kappa shape index (κ3) is 1.87. The van der Waals surface area contributed by atoms with Gasteiger partial charge in [-0.3, -0.25) is 5.10 Å². The first-order valence-corrected chi connectivity index (χ1v) is 6.31. The predicted molar refractivity (Wildman–Crippen MR) is 61.3 cm³/mol. The number of aromatic nitrogens is 3. The van der Waals surface area contributed by atoms with E-state index in [2.05, 4.69) is 21.7 Å². The Morgan fingerprint density at radius 3 is 2.80 bits per heavy atom. The van der Waals surface area contributed by atoms with Crippen molar-refractivity contribution in [1.29, 1.82) is 0 Å². The summed E-state index contributed by atoms with van der Waals surface area (Å²) in [5, 5.41) is 7.30. The van der Waals surface area contributed by atoms with Gasteiger partial charge in [-0.05, 0) is 49.7 Å². The highest BCUT2D eigenvalue weighted by Gasteiger charge is 2.32. The molecule has 1 unspecified atom stereocenters. The summed E-state index contributed by atoms with van der Waals surface area (Å²) in [6.07, 6.45) is 5.39. The topological polar surface area (TPSA) is 33.6 Å². The van der Waals surface area contributed by atoms with Gasteiger partial charge >= 0.3 is 0 Å². The standard InChI is InChI=1S/C11H17N3S/c1-7(8-2-3-8)6-14-10(9-4-5-9)12-13-11(14)15/h7-9H,2-6H2,1H3,(H,13,15). The molecule has 0 spiro atoms. The molecule has 3 nitrogen and oxygen atoms in total. The minimum absolute atomic E-state index is 0.685. The quantitative estimate of drug-likeness (QED) is 0.796. The monoisotopic (exact) mass is 223 g/mol. The molecule has 1 aromatic heterocycles. The van der Waals surface area contributed by atoms with Crippen molar-refractivity contribution in [3.63, 3.8) is 0 Å². The zero-order valence-corrected chi connectivity index (χ0v) is 9.89. The van der Waals surface area contributed by atoms with Gasteiger partial charge in [-0.1, -0.05) is 6.92 Å². The third-order valence-electron chi connectivity index (χ3n) is 3.63. The Kier molecular flexibility index (Phi) is 2.20. The number of hydrogen-bond acceptors (Lipinski definition) is 2. The first kappa shape index (κ1) is 9.58. The number of nitrogens with zero attached hydrogens (tertiary/aromatic N) is 2. The van der Waals surface area contributed by atoms with Gasteiger partial charge in [0.05, 0.1) is 0 Å². The van der Waals surface area contributed by atoms with E-state index in [-0.39, 0.29) is 0 Å². The molecule has 0 saturated heterocycles. The molecule has 0 aromatic carbocycles. The summed E-state index contributed by atoms with van der Waals surface area (Å²) in [5.41, 5.74) is 0. The molecule has 3 rings (SSSR count). The fraction of sp³-hybridized carbons (Fsp3) is 0.818. The summed E-state index contributed by atoms with van der Waals surface area (Å²) in [7, 11) is 0. The Bertz CT molecular complexity index is 412. The minimum atomic E-state index is 0.685. The van der Waals surface area contributed by atoms with Crippen LogP contribution in [0.25, 0.3) is 0 Å². The van der Waals surface area contributed by atoms with Crippen LogP contribution in [0.4, 0.5) is 0 Å². The maximum Gasteiger partial charge on any atom is 0.195 e. The molecule has 2 fully saturated rings. The molecule has 0 amide bonds. The Morgan fingerprint density at radius 1 is 1.47 bits per heavy atom. The van der Waals surface area contributed by atoms with Gasteiger partial charge in [0, 0.05) is 12.5 Å². The largest absolute Gasteiger partial charge is 0.304 e. The van der Waals surface area contributed by atoms with Crippen molar-refractivity contribution in [1.82, 2.24) is 14.8 Å². The summed E-state index contributed by atoms with van der Waals surface area (Å²) in [6, 6.07) is 0. The lowest BCUT2D eigenvalue weighted by Crippen LogP contribution is -2.12. The number of rotatable bonds is 4. The van der Waals surface area contributed by atoms with E-state index in [0.29, 0.717) is 5.92 Å². The first-order valence-electron chi connectivity index (χ1n) is 5.91. The molecule has 1 heterocycles. The number of aromatic amines is 1. The third-order valence-corrected chi connectivity index (χ3v) is 3.94. The molecule has 1 N–H and O–H groups in total. The summed E-state index contributed by atoms with van der Waals surface area (Å²) in [5.74, 6) is 3.58. The molecule has 2 aliphatic carbocycles. The fourth-order valence-corrected chi connectivity index (χ4v) is 2.48. The highest BCUT2D eigenvalue weighted by molar-refractivity contribution is 7.71. The molecule has 82 valence electrons. The smallest absolute Gasteiger partial charge is 0.195 e. The molecule has 0 radical (unpaired) electrons. The Morgan fingerprint density at radius 2 is 2.20 bits per heavy atom. The summed E-state index contributed by atoms with van der Waals surface area (Å²) in [6.45, 7) is 3.40. The Balaban J connectivity index is 1.82. The van der Waals surface area contributed by atoms with Crippen molar-refractivity contribution in [3.8, 4) is 0 Å². The van der Waals surface area contributed by atoms with Crippen LogP contribution < -0.4 is 0 Å². The SMILES string of the molecule is CC(Cn1c(C2CC2)n[nH]c1=S)C1CC1. The number of nitrogens with one attached hydrogen (secondary N) is 1. The Hall–Kier alpha value is -0.640. The van der Waals surface area contributed by atoms with Gasteiger partial charge in [-0.25, -0.2) is 0 Å². The van der Waals surface area contributed by atoms with Crippen LogP contribution in [-0.4, -0.2) is 14.8 Å². The van der Waals surface area contributed by atoms with Gasteiger partial charge in [0.1, 0.15) is 5.82 Å². The van der Waals surface area contributed by atoms with Crippen LogP contribution in [0.1, 0.15) is 44.3 Å². The van der Waals surface area contributed by atoms with Crippen molar-refractivity contribution in [3.05, 3.63) is 10.6 Å². The second-order valence-corrected chi connectivity index (χ2v) is 5.47. The van der Waals surface area contributed by atoms with Gasteiger partial charge in [-0.2, -0.15) is 5.10 Å². The first-order chi connectivity index (χ1) is 7.25. The van der Waals surface area contributed by atoms with Gasteiger partial charge in [0.25, 0.3) is 0 Å². The molecule has 2 aliphatic rings. The van der Waals surface area contributed by atoms with Crippen LogP contribution >= 0.6 is 12.2 Å². The second-order valence-electron chi connectivity index (χ2n) is 5.09. The molecule has 2 saturated carbocycles. The highest BCUT2D eigenvalue weighted by atomic mass is 32.1. The average molecular weight is 223 g/mol. The zero-order valence-electron chi connectivity index (χ0n) is 9.07. The molecule has 15 heavy (non-hydrogen) atoms. The summed E-state index contributed by atoms with van der Waals surface area (Å²) in [4.78, 5) is 0. The lowest BCUT2D eigenvalue weighted by molar-refractivity contribution is 0.419. The van der Waals surface area contributed by atoms with E-state index in [9.17, 15) is 0 Å². The molecule has 0 bridgehead atoms. The maximum atomic E-state index is 5.29. The molecule has 0 aliphatic heterocycles. The number of hydrogen-bond donors (Lipinski definition) is 1. The van der Waals surface area contributed by atoms with Crippen molar-refractivity contribution in [2.75, 3.05) is 0 Å². The number of H-pyrrole nitrogens is 1. The van der Waals surface area contributed by atoms with Gasteiger partial charge in [0.15, 0.2) is 4.77 Å². The van der Waals surface area contributed by atoms with E-state index < -0.39 is 0 Å². The van der Waals surface area contributed by atoms with Crippen molar-refractivity contribution in [2.45, 2.75) is 45.1 Å². The molecular formula is C11H17N3S. The summed E-state index contributed by atoms with van der Waals surface area (Å²) >= 11 is 5.29. The zero-order chi connectivity index (χ0) is 10.4. The molecule has 4 heteroatoms. The van der Waals surface area contributed by atoms with Gasteiger partial charge in [-0.15, -0.1) is 0 Å². The van der Waals surface area contributed by atoms with E-state index in [1.807, 2.05) is 0 Å². The highest BCUT2D eigenvalue weighted by Crippen LogP contribution is 2.41. The molecular weight excluding hydrogens is 206 g/mol. The van der Waals surface area contributed by atoms with Gasteiger partial charge < -0.3 is 4.57 Å². The van der Waals surface area contributed by atoms with Crippen LogP contribution in [0.2, 0.25) is 0 Å². The lowest BCUT2D eigenvalue weighted by Gasteiger charge is -2.12. The fourth-order valence-electron chi connectivity index (χ4n) is 2.26. The van der Waals surface area contributed by atoms with E-state index in [0.717, 1.165) is 23.2 Å². The van der Waals surface area contributed by atoms with E-state index in [1.165, 1.54) is 31.5 Å². The van der Waals surface area contributed by atoms with Crippen molar-refractivity contribution < 1.29 is 0 Å². The minimum Gasteiger partial charge on any atom is -0.304 e. The normalized spacial score (nSPS) is 23.0. The van der Waals surface area contributed by atoms with Crippen LogP contribution in [0, 0.1) is 16.6 Å². The maximum absolute atomic E-state index is 5.29. The van der Waals surface area contributed by atoms with Crippen LogP contribution in [0.5, 0.6) is 0 Å². The predicted octanol–water partition coefficient (Wildman–Crippen LogP) is 2.86. The van der Waals surface area contributed by atoms with E-state index in [4.69, 9.17) is 12.2 Å². The Labute approximate surface area is 94.9 Å². The van der Waals surface area contributed by atoms with Crippen molar-refractivity contribution in [2.24, 2.45) is 11.8 Å². The average Bonchev–Trinajstić information content (AvgIpc) is 3.10. The van der Waals surface area contributed by atoms with E-state index in [1.54, 1.807) is 0 Å². The van der Waals surface area contributed by atoms with Crippen LogP contribution in [0.3, 0.4) is 0 Å².